The lowest BCUT2D eigenvalue weighted by atomic mass is 9.90. The Balaban J connectivity index is 1.81. The van der Waals surface area contributed by atoms with Crippen LogP contribution in [0.5, 0.6) is 0 Å². The molecule has 5 heteroatoms. The second-order valence-electron chi connectivity index (χ2n) is 5.56. The lowest BCUT2D eigenvalue weighted by Crippen LogP contribution is -2.46. The van der Waals surface area contributed by atoms with Gasteiger partial charge in [0.25, 0.3) is 0 Å². The van der Waals surface area contributed by atoms with Crippen molar-refractivity contribution in [3.63, 3.8) is 0 Å². The average molecular weight is 292 g/mol. The first-order valence-electron chi connectivity index (χ1n) is 7.52. The summed E-state index contributed by atoms with van der Waals surface area (Å²) in [5, 5.41) is 8.97. The molecule has 1 aliphatic heterocycles. The van der Waals surface area contributed by atoms with E-state index in [1.54, 1.807) is 4.90 Å². The number of amides is 1. The molecule has 1 aliphatic rings. The molecule has 3 N–H and O–H groups in total. The fourth-order valence-electron chi connectivity index (χ4n) is 2.72. The number of benzene rings is 1. The molecule has 116 valence electrons. The van der Waals surface area contributed by atoms with Gasteiger partial charge in [-0.2, -0.15) is 0 Å². The number of hydrogen-bond donors (Lipinski definition) is 2. The number of aliphatic hydroxyl groups is 1. The van der Waals surface area contributed by atoms with Crippen LogP contribution in [0.2, 0.25) is 0 Å². The van der Waals surface area contributed by atoms with Crippen molar-refractivity contribution in [1.29, 1.82) is 0 Å². The summed E-state index contributed by atoms with van der Waals surface area (Å²) < 4.78 is 5.35. The van der Waals surface area contributed by atoms with Gasteiger partial charge in [-0.15, -0.1) is 0 Å². The summed E-state index contributed by atoms with van der Waals surface area (Å²) >= 11 is 0. The lowest BCUT2D eigenvalue weighted by Gasteiger charge is -2.34. The molecule has 0 unspecified atom stereocenters. The fraction of sp³-hybridized carbons (Fsp3) is 0.562. The molecular formula is C16H24N2O3. The molecule has 1 heterocycles. The molecule has 0 spiro atoms. The number of piperidine rings is 1. The Morgan fingerprint density at radius 2 is 2.19 bits per heavy atom. The molecule has 2 rings (SSSR count). The number of ether oxygens (including phenoxy) is 1. The Labute approximate surface area is 125 Å². The number of nitrogens with two attached hydrogens (primary N) is 1. The molecule has 2 atom stereocenters. The minimum absolute atomic E-state index is 0.0558. The van der Waals surface area contributed by atoms with E-state index in [0.29, 0.717) is 19.6 Å². The standard InChI is InChI=1S/C16H24N2O3/c17-15(8-10-19)14-7-4-9-18(11-14)16(20)21-12-13-5-2-1-3-6-13/h1-3,5-6,14-15,19H,4,7-12,17H2/t14-,15+/m0/s1. The van der Waals surface area contributed by atoms with E-state index in [4.69, 9.17) is 15.6 Å². The highest BCUT2D eigenvalue weighted by Gasteiger charge is 2.28. The number of rotatable bonds is 5. The maximum Gasteiger partial charge on any atom is 0.410 e. The molecule has 0 aliphatic carbocycles. The maximum absolute atomic E-state index is 12.1. The van der Waals surface area contributed by atoms with E-state index < -0.39 is 0 Å². The third kappa shape index (κ3) is 4.72. The van der Waals surface area contributed by atoms with Gasteiger partial charge in [-0.25, -0.2) is 4.79 Å². The van der Waals surface area contributed by atoms with E-state index in [-0.39, 0.29) is 24.7 Å². The van der Waals surface area contributed by atoms with Crippen LogP contribution in [-0.4, -0.2) is 41.8 Å². The first-order chi connectivity index (χ1) is 10.2. The lowest BCUT2D eigenvalue weighted by molar-refractivity contribution is 0.0741. The molecule has 1 saturated heterocycles. The molecule has 0 bridgehead atoms. The zero-order chi connectivity index (χ0) is 15.1. The summed E-state index contributed by atoms with van der Waals surface area (Å²) in [5.74, 6) is 0.246. The van der Waals surface area contributed by atoms with Crippen LogP contribution in [0.3, 0.4) is 0 Å². The SMILES string of the molecule is N[C@H](CCO)[C@H]1CCCN(C(=O)OCc2ccccc2)C1. The molecule has 0 saturated carbocycles. The Morgan fingerprint density at radius 1 is 1.43 bits per heavy atom. The van der Waals surface area contributed by atoms with Crippen LogP contribution in [-0.2, 0) is 11.3 Å². The van der Waals surface area contributed by atoms with Gasteiger partial charge in [0.05, 0.1) is 0 Å². The molecule has 5 nitrogen and oxygen atoms in total. The normalized spacial score (nSPS) is 20.1. The number of nitrogens with zero attached hydrogens (tertiary/aromatic N) is 1. The Kier molecular flexibility index (Phi) is 6.02. The van der Waals surface area contributed by atoms with Crippen LogP contribution in [0.4, 0.5) is 4.79 Å². The van der Waals surface area contributed by atoms with Gasteiger partial charge in [-0.05, 0) is 30.7 Å². The second-order valence-corrected chi connectivity index (χ2v) is 5.56. The van der Waals surface area contributed by atoms with E-state index in [2.05, 4.69) is 0 Å². The summed E-state index contributed by atoms with van der Waals surface area (Å²) in [7, 11) is 0. The highest BCUT2D eigenvalue weighted by molar-refractivity contribution is 5.67. The summed E-state index contributed by atoms with van der Waals surface area (Å²) in [6.07, 6.45) is 2.24. The highest BCUT2D eigenvalue weighted by atomic mass is 16.6. The van der Waals surface area contributed by atoms with Crippen molar-refractivity contribution in [2.75, 3.05) is 19.7 Å². The molecule has 1 amide bonds. The van der Waals surface area contributed by atoms with Gasteiger partial charge in [-0.3, -0.25) is 0 Å². The van der Waals surface area contributed by atoms with E-state index in [9.17, 15) is 4.79 Å². The predicted molar refractivity (Wildman–Crippen MR) is 80.6 cm³/mol. The zero-order valence-electron chi connectivity index (χ0n) is 12.3. The Bertz CT molecular complexity index is 438. The van der Waals surface area contributed by atoms with Crippen LogP contribution < -0.4 is 5.73 Å². The quantitative estimate of drug-likeness (QED) is 0.867. The van der Waals surface area contributed by atoms with E-state index in [1.165, 1.54) is 0 Å². The number of carbonyl (C=O) groups is 1. The number of likely N-dealkylation sites (tertiary alicyclic amines) is 1. The molecule has 1 aromatic carbocycles. The van der Waals surface area contributed by atoms with E-state index in [1.807, 2.05) is 30.3 Å². The van der Waals surface area contributed by atoms with Gasteiger partial charge in [0.1, 0.15) is 6.61 Å². The summed E-state index contributed by atoms with van der Waals surface area (Å²) in [4.78, 5) is 13.8. The molecule has 0 aromatic heterocycles. The van der Waals surface area contributed by atoms with Crippen LogP contribution in [0.15, 0.2) is 30.3 Å². The molecular weight excluding hydrogens is 268 g/mol. The topological polar surface area (TPSA) is 75.8 Å². The van der Waals surface area contributed by atoms with Gasteiger partial charge in [0.15, 0.2) is 0 Å². The van der Waals surface area contributed by atoms with Crippen LogP contribution in [0, 0.1) is 5.92 Å². The maximum atomic E-state index is 12.1. The van der Waals surface area contributed by atoms with Gasteiger partial charge in [-0.1, -0.05) is 30.3 Å². The van der Waals surface area contributed by atoms with E-state index >= 15 is 0 Å². The van der Waals surface area contributed by atoms with E-state index in [0.717, 1.165) is 24.9 Å². The molecule has 0 radical (unpaired) electrons. The summed E-state index contributed by atoms with van der Waals surface area (Å²) in [6, 6.07) is 9.59. The minimum atomic E-state index is -0.278. The third-order valence-electron chi connectivity index (χ3n) is 3.99. The first-order valence-corrected chi connectivity index (χ1v) is 7.52. The van der Waals surface area contributed by atoms with Gasteiger partial charge >= 0.3 is 6.09 Å². The van der Waals surface area contributed by atoms with Crippen molar-refractivity contribution >= 4 is 6.09 Å². The van der Waals surface area contributed by atoms with Crippen molar-refractivity contribution in [1.82, 2.24) is 4.90 Å². The Hall–Kier alpha value is -1.59. The molecule has 21 heavy (non-hydrogen) atoms. The number of aliphatic hydroxyl groups excluding tert-OH is 1. The van der Waals surface area contributed by atoms with Crippen molar-refractivity contribution < 1.29 is 14.6 Å². The van der Waals surface area contributed by atoms with Crippen molar-refractivity contribution in [2.24, 2.45) is 11.7 Å². The van der Waals surface area contributed by atoms with Gasteiger partial charge in [0, 0.05) is 25.7 Å². The molecule has 1 aromatic rings. The third-order valence-corrected chi connectivity index (χ3v) is 3.99. The van der Waals surface area contributed by atoms with Crippen molar-refractivity contribution in [3.8, 4) is 0 Å². The first kappa shape index (κ1) is 15.8. The molecule has 1 fully saturated rings. The largest absolute Gasteiger partial charge is 0.445 e. The monoisotopic (exact) mass is 292 g/mol. The number of carbonyl (C=O) groups excluding carboxylic acids is 1. The second kappa shape index (κ2) is 8.00. The minimum Gasteiger partial charge on any atom is -0.445 e. The van der Waals surface area contributed by atoms with Gasteiger partial charge < -0.3 is 20.5 Å². The smallest absolute Gasteiger partial charge is 0.410 e. The summed E-state index contributed by atoms with van der Waals surface area (Å²) in [6.45, 7) is 1.73. The van der Waals surface area contributed by atoms with Crippen LogP contribution in [0.25, 0.3) is 0 Å². The van der Waals surface area contributed by atoms with Crippen molar-refractivity contribution in [2.45, 2.75) is 31.9 Å². The zero-order valence-corrected chi connectivity index (χ0v) is 12.3. The fourth-order valence-corrected chi connectivity index (χ4v) is 2.72. The van der Waals surface area contributed by atoms with Crippen LogP contribution >= 0.6 is 0 Å². The van der Waals surface area contributed by atoms with Crippen LogP contribution in [0.1, 0.15) is 24.8 Å². The average Bonchev–Trinajstić information content (AvgIpc) is 2.54. The number of hydrogen-bond acceptors (Lipinski definition) is 4. The summed E-state index contributed by atoms with van der Waals surface area (Å²) in [5.41, 5.74) is 7.03. The predicted octanol–water partition coefficient (Wildman–Crippen LogP) is 1.74. The Morgan fingerprint density at radius 3 is 2.90 bits per heavy atom. The van der Waals surface area contributed by atoms with Gasteiger partial charge in [0.2, 0.25) is 0 Å². The van der Waals surface area contributed by atoms with Crippen molar-refractivity contribution in [3.05, 3.63) is 35.9 Å². The highest BCUT2D eigenvalue weighted by Crippen LogP contribution is 2.21.